The van der Waals surface area contributed by atoms with Crippen LogP contribution in [0.3, 0.4) is 0 Å². The third-order valence-corrected chi connectivity index (χ3v) is 4.11. The highest BCUT2D eigenvalue weighted by atomic mass is 19.2. The summed E-state index contributed by atoms with van der Waals surface area (Å²) in [6.07, 6.45) is 1.97. The average Bonchev–Trinajstić information content (AvgIpc) is 2.59. The number of methoxy groups -OCH3 is 1. The molecule has 4 heteroatoms. The maximum Gasteiger partial charge on any atom is 0.201 e. The molecule has 0 aromatic heterocycles. The Morgan fingerprint density at radius 2 is 1.58 bits per heavy atom. The predicted octanol–water partition coefficient (Wildman–Crippen LogP) is 5.89. The van der Waals surface area contributed by atoms with Gasteiger partial charge in [-0.1, -0.05) is 49.7 Å². The van der Waals surface area contributed by atoms with Crippen LogP contribution in [0.1, 0.15) is 18.9 Å². The highest BCUT2D eigenvalue weighted by Crippen LogP contribution is 2.34. The van der Waals surface area contributed by atoms with Crippen LogP contribution in [0.4, 0.5) is 13.2 Å². The third-order valence-electron chi connectivity index (χ3n) is 4.11. The fraction of sp³-hybridized carbons (Fsp3) is 0.200. The first kappa shape index (κ1) is 16.4. The zero-order valence-corrected chi connectivity index (χ0v) is 13.5. The smallest absolute Gasteiger partial charge is 0.201 e. The highest BCUT2D eigenvalue weighted by Gasteiger charge is 2.19. The molecule has 0 atom stereocenters. The molecule has 0 aliphatic carbocycles. The lowest BCUT2D eigenvalue weighted by molar-refractivity contribution is 0.374. The van der Waals surface area contributed by atoms with Crippen LogP contribution in [-0.4, -0.2) is 7.11 Å². The van der Waals surface area contributed by atoms with Crippen LogP contribution in [-0.2, 0) is 6.42 Å². The molecule has 0 saturated carbocycles. The van der Waals surface area contributed by atoms with Crippen molar-refractivity contribution in [2.75, 3.05) is 7.11 Å². The Bertz CT molecular complexity index is 886. The average molecular weight is 330 g/mol. The molecule has 0 fully saturated rings. The summed E-state index contributed by atoms with van der Waals surface area (Å²) in [4.78, 5) is 0. The Hall–Kier alpha value is -2.49. The number of ether oxygens (including phenoxy) is 1. The Labute approximate surface area is 138 Å². The van der Waals surface area contributed by atoms with Gasteiger partial charge >= 0.3 is 0 Å². The number of hydrogen-bond acceptors (Lipinski definition) is 1. The summed E-state index contributed by atoms with van der Waals surface area (Å²) in [5.41, 5.74) is 2.03. The SMILES string of the molecule is CCCc1ccc(-c2ccc3cc(OC)c(F)c(F)c3c2F)cc1. The largest absolute Gasteiger partial charge is 0.494 e. The molecule has 0 radical (unpaired) electrons. The summed E-state index contributed by atoms with van der Waals surface area (Å²) in [5.74, 6) is -3.42. The molecular weight excluding hydrogens is 313 g/mol. The maximum absolute atomic E-state index is 14.8. The van der Waals surface area contributed by atoms with Gasteiger partial charge in [0.25, 0.3) is 0 Å². The highest BCUT2D eigenvalue weighted by molar-refractivity contribution is 5.90. The van der Waals surface area contributed by atoms with Gasteiger partial charge in [0.2, 0.25) is 5.82 Å². The molecule has 0 aliphatic rings. The van der Waals surface area contributed by atoms with Gasteiger partial charge in [-0.15, -0.1) is 0 Å². The molecule has 0 amide bonds. The zero-order chi connectivity index (χ0) is 17.3. The number of aryl methyl sites for hydroxylation is 1. The Morgan fingerprint density at radius 3 is 2.21 bits per heavy atom. The van der Waals surface area contributed by atoms with Crippen molar-refractivity contribution in [2.24, 2.45) is 0 Å². The Morgan fingerprint density at radius 1 is 0.875 bits per heavy atom. The van der Waals surface area contributed by atoms with Crippen molar-refractivity contribution in [3.05, 3.63) is 65.5 Å². The minimum atomic E-state index is -1.23. The first-order valence-electron chi connectivity index (χ1n) is 7.80. The van der Waals surface area contributed by atoms with Crippen molar-refractivity contribution >= 4 is 10.8 Å². The van der Waals surface area contributed by atoms with E-state index in [1.165, 1.54) is 13.2 Å². The van der Waals surface area contributed by atoms with E-state index in [4.69, 9.17) is 4.74 Å². The summed E-state index contributed by atoms with van der Waals surface area (Å²) < 4.78 is 47.8. The van der Waals surface area contributed by atoms with Crippen LogP contribution in [0.15, 0.2) is 42.5 Å². The minimum Gasteiger partial charge on any atom is -0.494 e. The minimum absolute atomic E-state index is 0.240. The molecule has 124 valence electrons. The second-order valence-corrected chi connectivity index (χ2v) is 5.68. The van der Waals surface area contributed by atoms with Gasteiger partial charge in [-0.3, -0.25) is 0 Å². The lowest BCUT2D eigenvalue weighted by Gasteiger charge is -2.11. The van der Waals surface area contributed by atoms with Crippen molar-refractivity contribution in [2.45, 2.75) is 19.8 Å². The lowest BCUT2D eigenvalue weighted by atomic mass is 9.98. The van der Waals surface area contributed by atoms with E-state index in [0.717, 1.165) is 18.4 Å². The van der Waals surface area contributed by atoms with Gasteiger partial charge in [0.1, 0.15) is 5.82 Å². The predicted molar refractivity (Wildman–Crippen MR) is 89.8 cm³/mol. The van der Waals surface area contributed by atoms with Gasteiger partial charge < -0.3 is 4.74 Å². The number of halogens is 3. The van der Waals surface area contributed by atoms with E-state index in [9.17, 15) is 13.2 Å². The first-order chi connectivity index (χ1) is 11.6. The van der Waals surface area contributed by atoms with Crippen LogP contribution < -0.4 is 4.74 Å². The van der Waals surface area contributed by atoms with Gasteiger partial charge in [0, 0.05) is 5.56 Å². The van der Waals surface area contributed by atoms with Gasteiger partial charge in [-0.05, 0) is 29.0 Å². The molecule has 3 rings (SSSR count). The quantitative estimate of drug-likeness (QED) is 0.580. The summed E-state index contributed by atoms with van der Waals surface area (Å²) in [6.45, 7) is 2.09. The number of rotatable bonds is 4. The van der Waals surface area contributed by atoms with Gasteiger partial charge in [-0.2, -0.15) is 4.39 Å². The molecule has 3 aromatic rings. The zero-order valence-electron chi connectivity index (χ0n) is 13.5. The van der Waals surface area contributed by atoms with E-state index in [0.29, 0.717) is 5.56 Å². The molecule has 0 bridgehead atoms. The van der Waals surface area contributed by atoms with Crippen molar-refractivity contribution in [1.82, 2.24) is 0 Å². The van der Waals surface area contributed by atoms with Gasteiger partial charge in [0.05, 0.1) is 12.5 Å². The second kappa shape index (κ2) is 6.56. The number of benzene rings is 3. The normalized spacial score (nSPS) is 11.0. The van der Waals surface area contributed by atoms with Crippen molar-refractivity contribution in [3.63, 3.8) is 0 Å². The summed E-state index contributed by atoms with van der Waals surface area (Å²) in [6, 6.07) is 11.9. The Balaban J connectivity index is 2.16. The van der Waals surface area contributed by atoms with E-state index in [2.05, 4.69) is 6.92 Å². The van der Waals surface area contributed by atoms with E-state index in [1.54, 1.807) is 24.3 Å². The summed E-state index contributed by atoms with van der Waals surface area (Å²) in [5, 5.41) is -0.0990. The van der Waals surface area contributed by atoms with Crippen molar-refractivity contribution in [3.8, 4) is 16.9 Å². The molecule has 0 N–H and O–H groups in total. The maximum atomic E-state index is 14.8. The van der Waals surface area contributed by atoms with Crippen LogP contribution >= 0.6 is 0 Å². The summed E-state index contributed by atoms with van der Waals surface area (Å²) >= 11 is 0. The van der Waals surface area contributed by atoms with E-state index < -0.39 is 17.5 Å². The molecule has 1 nitrogen and oxygen atoms in total. The molecule has 24 heavy (non-hydrogen) atoms. The number of fused-ring (bicyclic) bond motifs is 1. The second-order valence-electron chi connectivity index (χ2n) is 5.68. The van der Waals surface area contributed by atoms with Crippen LogP contribution in [0, 0.1) is 17.5 Å². The van der Waals surface area contributed by atoms with E-state index in [1.807, 2.05) is 12.1 Å². The van der Waals surface area contributed by atoms with Gasteiger partial charge in [0.15, 0.2) is 11.6 Å². The van der Waals surface area contributed by atoms with Crippen molar-refractivity contribution in [1.29, 1.82) is 0 Å². The third kappa shape index (κ3) is 2.73. The number of hydrogen-bond donors (Lipinski definition) is 0. The summed E-state index contributed by atoms with van der Waals surface area (Å²) in [7, 11) is 1.24. The fourth-order valence-corrected chi connectivity index (χ4v) is 2.87. The molecule has 3 aromatic carbocycles. The lowest BCUT2D eigenvalue weighted by Crippen LogP contribution is -1.97. The molecule has 0 unspecified atom stereocenters. The monoisotopic (exact) mass is 330 g/mol. The fourth-order valence-electron chi connectivity index (χ4n) is 2.87. The van der Waals surface area contributed by atoms with Crippen LogP contribution in [0.5, 0.6) is 5.75 Å². The molecule has 0 spiro atoms. The molecule has 0 aliphatic heterocycles. The topological polar surface area (TPSA) is 9.23 Å². The van der Waals surface area contributed by atoms with Crippen LogP contribution in [0.2, 0.25) is 0 Å². The molecule has 0 heterocycles. The van der Waals surface area contributed by atoms with Crippen molar-refractivity contribution < 1.29 is 17.9 Å². The van der Waals surface area contributed by atoms with Gasteiger partial charge in [-0.25, -0.2) is 8.78 Å². The Kier molecular flexibility index (Phi) is 4.47. The first-order valence-corrected chi connectivity index (χ1v) is 7.80. The van der Waals surface area contributed by atoms with E-state index >= 15 is 0 Å². The van der Waals surface area contributed by atoms with E-state index in [-0.39, 0.29) is 22.1 Å². The standard InChI is InChI=1S/C20H17F3O/c1-3-4-12-5-7-13(8-6-12)15-10-9-14-11-16(24-2)19(22)20(23)17(14)18(15)21/h5-11H,3-4H2,1-2H3. The molecule has 0 saturated heterocycles. The van der Waals surface area contributed by atoms with Crippen LogP contribution in [0.25, 0.3) is 21.9 Å². The molecular formula is C20H17F3O.